The second-order valence-electron chi connectivity index (χ2n) is 5.98. The first-order chi connectivity index (χ1) is 11.8. The maximum Gasteiger partial charge on any atom is 0.277 e. The summed E-state index contributed by atoms with van der Waals surface area (Å²) < 4.78 is 25.3. The fraction of sp³-hybridized carbons (Fsp3) is 0.375. The third-order valence-corrected chi connectivity index (χ3v) is 5.35. The van der Waals surface area contributed by atoms with Crippen molar-refractivity contribution >= 4 is 33.2 Å². The van der Waals surface area contributed by atoms with Crippen LogP contribution in [0.15, 0.2) is 30.0 Å². The fourth-order valence-electron chi connectivity index (χ4n) is 3.03. The van der Waals surface area contributed by atoms with E-state index in [9.17, 15) is 18.0 Å². The number of hydrogen-bond donors (Lipinski definition) is 2. The molecule has 0 radical (unpaired) electrons. The van der Waals surface area contributed by atoms with E-state index in [4.69, 9.17) is 5.11 Å². The molecule has 0 aromatic heterocycles. The summed E-state index contributed by atoms with van der Waals surface area (Å²) >= 11 is 0. The number of benzene rings is 1. The zero-order valence-electron chi connectivity index (χ0n) is 13.7. The molecule has 0 spiro atoms. The van der Waals surface area contributed by atoms with Crippen molar-refractivity contribution in [1.29, 1.82) is 0 Å². The highest BCUT2D eigenvalue weighted by Crippen LogP contribution is 2.32. The van der Waals surface area contributed by atoms with Gasteiger partial charge in [-0.2, -0.15) is 0 Å². The van der Waals surface area contributed by atoms with Gasteiger partial charge >= 0.3 is 0 Å². The van der Waals surface area contributed by atoms with E-state index in [-0.39, 0.29) is 18.8 Å². The molecule has 9 heteroatoms. The number of aliphatic hydroxyl groups excluding tert-OH is 1. The zero-order chi connectivity index (χ0) is 18.2. The third-order valence-electron chi connectivity index (χ3n) is 4.17. The van der Waals surface area contributed by atoms with E-state index in [2.05, 4.69) is 5.32 Å². The molecule has 1 aromatic carbocycles. The SMILES string of the molecule is CS(=O)(=O)N1CCCc2ccc(NC3=CC(=O)N(CCO)C3=O)cc21. The summed E-state index contributed by atoms with van der Waals surface area (Å²) in [5.74, 6) is -1.01. The highest BCUT2D eigenvalue weighted by atomic mass is 32.2. The molecule has 1 aromatic rings. The number of amides is 2. The van der Waals surface area contributed by atoms with Gasteiger partial charge in [0.25, 0.3) is 11.8 Å². The summed E-state index contributed by atoms with van der Waals surface area (Å²) in [7, 11) is -3.39. The van der Waals surface area contributed by atoms with Crippen molar-refractivity contribution in [2.45, 2.75) is 12.8 Å². The summed E-state index contributed by atoms with van der Waals surface area (Å²) in [6.45, 7) is 0.0475. The van der Waals surface area contributed by atoms with E-state index in [1.807, 2.05) is 6.07 Å². The molecule has 8 nitrogen and oxygen atoms in total. The van der Waals surface area contributed by atoms with Crippen LogP contribution in [-0.2, 0) is 26.0 Å². The van der Waals surface area contributed by atoms with Gasteiger partial charge in [0, 0.05) is 18.3 Å². The molecule has 2 amide bonds. The molecular weight excluding hydrogens is 346 g/mol. The van der Waals surface area contributed by atoms with Gasteiger partial charge in [-0.1, -0.05) is 6.07 Å². The van der Waals surface area contributed by atoms with Crippen molar-refractivity contribution < 1.29 is 23.1 Å². The topological polar surface area (TPSA) is 107 Å². The standard InChI is InChI=1S/C16H19N3O5S/c1-25(23,24)19-6-2-3-11-4-5-12(9-14(11)19)17-13-10-15(21)18(7-8-20)16(13)22/h4-5,9-10,17,20H,2-3,6-8H2,1H3. The Hall–Kier alpha value is -2.39. The molecule has 0 atom stereocenters. The number of fused-ring (bicyclic) bond motifs is 1. The smallest absolute Gasteiger partial charge is 0.277 e. The second-order valence-corrected chi connectivity index (χ2v) is 7.89. The lowest BCUT2D eigenvalue weighted by molar-refractivity contribution is -0.137. The Labute approximate surface area is 145 Å². The predicted molar refractivity (Wildman–Crippen MR) is 92.5 cm³/mol. The molecule has 2 N–H and O–H groups in total. The first-order valence-corrected chi connectivity index (χ1v) is 9.72. The predicted octanol–water partition coefficient (Wildman–Crippen LogP) is 0.0557. The number of carbonyl (C=O) groups excluding carboxylic acids is 2. The number of rotatable bonds is 5. The minimum Gasteiger partial charge on any atom is -0.395 e. The van der Waals surface area contributed by atoms with Gasteiger partial charge in [0.15, 0.2) is 0 Å². The Morgan fingerprint density at radius 2 is 2.04 bits per heavy atom. The van der Waals surface area contributed by atoms with Crippen molar-refractivity contribution in [2.24, 2.45) is 0 Å². The Morgan fingerprint density at radius 1 is 1.28 bits per heavy atom. The van der Waals surface area contributed by atoms with Gasteiger partial charge < -0.3 is 10.4 Å². The van der Waals surface area contributed by atoms with E-state index in [0.29, 0.717) is 17.9 Å². The Balaban J connectivity index is 1.87. The summed E-state index contributed by atoms with van der Waals surface area (Å²) in [4.78, 5) is 24.9. The minimum atomic E-state index is -3.39. The molecule has 25 heavy (non-hydrogen) atoms. The normalized spacial score (nSPS) is 17.6. The molecule has 0 fully saturated rings. The van der Waals surface area contributed by atoms with Crippen LogP contribution in [0.1, 0.15) is 12.0 Å². The quantitative estimate of drug-likeness (QED) is 0.715. The Bertz CT molecular complexity index is 863. The Morgan fingerprint density at radius 3 is 2.72 bits per heavy atom. The van der Waals surface area contributed by atoms with Crippen LogP contribution in [0.5, 0.6) is 0 Å². The molecule has 134 valence electrons. The van der Waals surface area contributed by atoms with Crippen LogP contribution in [0.3, 0.4) is 0 Å². The van der Waals surface area contributed by atoms with Gasteiger partial charge in [-0.3, -0.25) is 18.8 Å². The van der Waals surface area contributed by atoms with Crippen molar-refractivity contribution in [2.75, 3.05) is 35.6 Å². The lowest BCUT2D eigenvalue weighted by atomic mass is 10.0. The molecule has 2 aliphatic rings. The monoisotopic (exact) mass is 365 g/mol. The molecular formula is C16H19N3O5S. The van der Waals surface area contributed by atoms with E-state index < -0.39 is 21.8 Å². The molecule has 0 unspecified atom stereocenters. The highest BCUT2D eigenvalue weighted by molar-refractivity contribution is 7.92. The number of nitrogens with one attached hydrogen (secondary N) is 1. The van der Waals surface area contributed by atoms with Gasteiger partial charge in [0.05, 0.1) is 25.1 Å². The van der Waals surface area contributed by atoms with Gasteiger partial charge in [0.2, 0.25) is 10.0 Å². The number of hydrogen-bond acceptors (Lipinski definition) is 6. The summed E-state index contributed by atoms with van der Waals surface area (Å²) in [5.41, 5.74) is 2.13. The largest absolute Gasteiger partial charge is 0.395 e. The lowest BCUT2D eigenvalue weighted by Crippen LogP contribution is -2.35. The van der Waals surface area contributed by atoms with Gasteiger partial charge in [-0.25, -0.2) is 8.42 Å². The van der Waals surface area contributed by atoms with E-state index in [1.54, 1.807) is 12.1 Å². The number of nitrogens with zero attached hydrogens (tertiary/aromatic N) is 2. The molecule has 2 aliphatic heterocycles. The average molecular weight is 365 g/mol. The van der Waals surface area contributed by atoms with Crippen molar-refractivity contribution in [3.8, 4) is 0 Å². The molecule has 0 bridgehead atoms. The Kier molecular flexibility index (Phi) is 4.53. The van der Waals surface area contributed by atoms with Crippen LogP contribution in [0.2, 0.25) is 0 Å². The van der Waals surface area contributed by atoms with Gasteiger partial charge in [-0.05, 0) is 30.5 Å². The van der Waals surface area contributed by atoms with Crippen molar-refractivity contribution in [1.82, 2.24) is 4.90 Å². The first kappa shape index (κ1) is 17.4. The molecule has 0 saturated heterocycles. The highest BCUT2D eigenvalue weighted by Gasteiger charge is 2.31. The molecule has 3 rings (SSSR count). The number of aliphatic hydroxyl groups is 1. The maximum atomic E-state index is 12.2. The molecule has 0 saturated carbocycles. The van der Waals surface area contributed by atoms with Crippen LogP contribution in [0.25, 0.3) is 0 Å². The number of sulfonamides is 1. The van der Waals surface area contributed by atoms with Gasteiger partial charge in [0.1, 0.15) is 5.70 Å². The van der Waals surface area contributed by atoms with Crippen LogP contribution < -0.4 is 9.62 Å². The number of carbonyl (C=O) groups is 2. The van der Waals surface area contributed by atoms with Crippen LogP contribution in [0.4, 0.5) is 11.4 Å². The molecule has 2 heterocycles. The number of aryl methyl sites for hydroxylation is 1. The van der Waals surface area contributed by atoms with Crippen molar-refractivity contribution in [3.05, 3.63) is 35.5 Å². The number of β-amino-alcohol motifs (C(OH)–C–C–N with tert-alkyl or cyclic N) is 1. The summed E-state index contributed by atoms with van der Waals surface area (Å²) in [5, 5.41) is 11.8. The zero-order valence-corrected chi connectivity index (χ0v) is 14.5. The third kappa shape index (κ3) is 3.38. The average Bonchev–Trinajstić information content (AvgIpc) is 2.81. The second kappa shape index (κ2) is 6.49. The van der Waals surface area contributed by atoms with Crippen molar-refractivity contribution in [3.63, 3.8) is 0 Å². The van der Waals surface area contributed by atoms with E-state index in [0.717, 1.165) is 29.6 Å². The minimum absolute atomic E-state index is 0.0641. The van der Waals surface area contributed by atoms with Gasteiger partial charge in [-0.15, -0.1) is 0 Å². The molecule has 0 aliphatic carbocycles. The lowest BCUT2D eigenvalue weighted by Gasteiger charge is -2.29. The van der Waals surface area contributed by atoms with E-state index >= 15 is 0 Å². The summed E-state index contributed by atoms with van der Waals surface area (Å²) in [6, 6.07) is 5.24. The number of imide groups is 1. The number of anilines is 2. The maximum absolute atomic E-state index is 12.2. The first-order valence-electron chi connectivity index (χ1n) is 7.87. The summed E-state index contributed by atoms with van der Waals surface area (Å²) in [6.07, 6.45) is 3.87. The fourth-order valence-corrected chi connectivity index (χ4v) is 4.02. The van der Waals surface area contributed by atoms with Crippen LogP contribution in [0, 0.1) is 0 Å². The van der Waals surface area contributed by atoms with Crippen LogP contribution >= 0.6 is 0 Å². The van der Waals surface area contributed by atoms with E-state index in [1.165, 1.54) is 10.4 Å². The van der Waals surface area contributed by atoms with Crippen LogP contribution in [-0.4, -0.2) is 56.2 Å².